The molecule has 0 aliphatic carbocycles. The minimum Gasteiger partial charge on any atom is -0.388 e. The van der Waals surface area contributed by atoms with Crippen LogP contribution in [0.4, 0.5) is 0 Å². The van der Waals surface area contributed by atoms with E-state index in [0.29, 0.717) is 11.4 Å². The van der Waals surface area contributed by atoms with Crippen molar-refractivity contribution >= 4 is 11.6 Å². The molecule has 1 aromatic heterocycles. The zero-order chi connectivity index (χ0) is 11.5. The Hall–Kier alpha value is -1.32. The van der Waals surface area contributed by atoms with Gasteiger partial charge in [0.15, 0.2) is 0 Å². The highest BCUT2D eigenvalue weighted by atomic mass is 35.5. The molecule has 2 rings (SSSR count). The van der Waals surface area contributed by atoms with Crippen molar-refractivity contribution in [1.29, 1.82) is 0 Å². The number of rotatable bonds is 3. The molecule has 1 heterocycles. The highest BCUT2D eigenvalue weighted by Gasteiger charge is 2.12. The number of imidazole rings is 1. The van der Waals surface area contributed by atoms with Gasteiger partial charge in [0.2, 0.25) is 0 Å². The molecular weight excluding hydrogens is 224 g/mol. The molecule has 0 fully saturated rings. The SMILES string of the molecule is Cc1ccc(Cl)cc1C(O)Cc1ncc[nH]1. The van der Waals surface area contributed by atoms with Gasteiger partial charge in [-0.1, -0.05) is 17.7 Å². The van der Waals surface area contributed by atoms with E-state index in [2.05, 4.69) is 9.97 Å². The fraction of sp³-hybridized carbons (Fsp3) is 0.250. The minimum atomic E-state index is -0.579. The molecule has 0 aliphatic heterocycles. The second-order valence-corrected chi connectivity index (χ2v) is 4.19. The average Bonchev–Trinajstić information content (AvgIpc) is 2.74. The van der Waals surface area contributed by atoms with Crippen LogP contribution < -0.4 is 0 Å². The summed E-state index contributed by atoms with van der Waals surface area (Å²) in [5.41, 5.74) is 1.88. The van der Waals surface area contributed by atoms with Crippen LogP contribution in [0, 0.1) is 6.92 Å². The standard InChI is InChI=1S/C12H13ClN2O/c1-8-2-3-9(13)6-10(8)11(16)7-12-14-4-5-15-12/h2-6,11,16H,7H2,1H3,(H,14,15). The molecule has 0 amide bonds. The maximum absolute atomic E-state index is 10.1. The molecular formula is C12H13ClN2O. The van der Waals surface area contributed by atoms with Gasteiger partial charge in [0.05, 0.1) is 6.10 Å². The molecule has 2 aromatic rings. The number of hydrogen-bond acceptors (Lipinski definition) is 2. The van der Waals surface area contributed by atoms with Crippen LogP contribution in [0.25, 0.3) is 0 Å². The van der Waals surface area contributed by atoms with Gasteiger partial charge in [0, 0.05) is 23.8 Å². The Morgan fingerprint density at radius 3 is 3.00 bits per heavy atom. The van der Waals surface area contributed by atoms with Crippen LogP contribution in [-0.2, 0) is 6.42 Å². The van der Waals surface area contributed by atoms with Crippen LogP contribution in [-0.4, -0.2) is 15.1 Å². The van der Waals surface area contributed by atoms with E-state index in [-0.39, 0.29) is 0 Å². The van der Waals surface area contributed by atoms with E-state index in [0.717, 1.165) is 17.0 Å². The summed E-state index contributed by atoms with van der Waals surface area (Å²) in [7, 11) is 0. The lowest BCUT2D eigenvalue weighted by atomic mass is 10.0. The first-order chi connectivity index (χ1) is 7.66. The number of hydrogen-bond donors (Lipinski definition) is 2. The smallest absolute Gasteiger partial charge is 0.108 e. The molecule has 16 heavy (non-hydrogen) atoms. The van der Waals surface area contributed by atoms with E-state index in [1.807, 2.05) is 19.1 Å². The third-order valence-corrected chi connectivity index (χ3v) is 2.78. The Labute approximate surface area is 99.1 Å². The van der Waals surface area contributed by atoms with Crippen molar-refractivity contribution in [2.45, 2.75) is 19.4 Å². The Kier molecular flexibility index (Phi) is 3.27. The van der Waals surface area contributed by atoms with Crippen molar-refractivity contribution in [3.05, 3.63) is 52.6 Å². The van der Waals surface area contributed by atoms with Gasteiger partial charge in [-0.3, -0.25) is 0 Å². The predicted octanol–water partition coefficient (Wildman–Crippen LogP) is 2.65. The maximum Gasteiger partial charge on any atom is 0.108 e. The number of nitrogens with zero attached hydrogens (tertiary/aromatic N) is 1. The lowest BCUT2D eigenvalue weighted by Crippen LogP contribution is -2.05. The van der Waals surface area contributed by atoms with Crippen molar-refractivity contribution in [2.24, 2.45) is 0 Å². The van der Waals surface area contributed by atoms with Gasteiger partial charge in [0.25, 0.3) is 0 Å². The topological polar surface area (TPSA) is 48.9 Å². The van der Waals surface area contributed by atoms with Gasteiger partial charge in [-0.05, 0) is 30.2 Å². The zero-order valence-corrected chi connectivity index (χ0v) is 9.70. The third-order valence-electron chi connectivity index (χ3n) is 2.54. The van der Waals surface area contributed by atoms with E-state index in [1.54, 1.807) is 18.5 Å². The van der Waals surface area contributed by atoms with Crippen LogP contribution in [0.2, 0.25) is 5.02 Å². The molecule has 0 saturated carbocycles. The third kappa shape index (κ3) is 2.43. The molecule has 1 unspecified atom stereocenters. The van der Waals surface area contributed by atoms with E-state index < -0.39 is 6.10 Å². The molecule has 84 valence electrons. The fourth-order valence-electron chi connectivity index (χ4n) is 1.67. The van der Waals surface area contributed by atoms with Crippen LogP contribution >= 0.6 is 11.6 Å². The number of nitrogens with one attached hydrogen (secondary N) is 1. The van der Waals surface area contributed by atoms with Gasteiger partial charge in [-0.25, -0.2) is 4.98 Å². The van der Waals surface area contributed by atoms with Gasteiger partial charge in [0.1, 0.15) is 5.82 Å². The average molecular weight is 237 g/mol. The molecule has 0 radical (unpaired) electrons. The summed E-state index contributed by atoms with van der Waals surface area (Å²) in [5.74, 6) is 0.770. The highest BCUT2D eigenvalue weighted by molar-refractivity contribution is 6.30. The van der Waals surface area contributed by atoms with Crippen LogP contribution in [0.15, 0.2) is 30.6 Å². The van der Waals surface area contributed by atoms with E-state index >= 15 is 0 Å². The molecule has 1 atom stereocenters. The first-order valence-electron chi connectivity index (χ1n) is 5.09. The molecule has 1 aromatic carbocycles. The molecule has 0 bridgehead atoms. The molecule has 3 nitrogen and oxygen atoms in total. The highest BCUT2D eigenvalue weighted by Crippen LogP contribution is 2.23. The number of benzene rings is 1. The van der Waals surface area contributed by atoms with Crippen molar-refractivity contribution < 1.29 is 5.11 Å². The second-order valence-electron chi connectivity index (χ2n) is 3.76. The molecule has 0 spiro atoms. The van der Waals surface area contributed by atoms with Gasteiger partial charge in [-0.15, -0.1) is 0 Å². The summed E-state index contributed by atoms with van der Waals surface area (Å²) in [6.07, 6.45) is 3.30. The number of aromatic amines is 1. The van der Waals surface area contributed by atoms with Gasteiger partial charge < -0.3 is 10.1 Å². The molecule has 2 N–H and O–H groups in total. The summed E-state index contributed by atoms with van der Waals surface area (Å²) in [4.78, 5) is 7.05. The van der Waals surface area contributed by atoms with Crippen molar-refractivity contribution in [2.75, 3.05) is 0 Å². The monoisotopic (exact) mass is 236 g/mol. The Morgan fingerprint density at radius 1 is 1.50 bits per heavy atom. The number of aryl methyl sites for hydroxylation is 1. The van der Waals surface area contributed by atoms with E-state index in [1.165, 1.54) is 0 Å². The summed E-state index contributed by atoms with van der Waals surface area (Å²) in [5, 5.41) is 10.7. The van der Waals surface area contributed by atoms with Crippen molar-refractivity contribution in [3.63, 3.8) is 0 Å². The van der Waals surface area contributed by atoms with Crippen LogP contribution in [0.1, 0.15) is 23.1 Å². The van der Waals surface area contributed by atoms with Gasteiger partial charge in [-0.2, -0.15) is 0 Å². The summed E-state index contributed by atoms with van der Waals surface area (Å²) < 4.78 is 0. The Morgan fingerprint density at radius 2 is 2.31 bits per heavy atom. The lowest BCUT2D eigenvalue weighted by Gasteiger charge is -2.12. The number of aliphatic hydroxyl groups excluding tert-OH is 1. The van der Waals surface area contributed by atoms with Gasteiger partial charge >= 0.3 is 0 Å². The molecule has 0 saturated heterocycles. The Bertz CT molecular complexity index is 468. The molecule has 0 aliphatic rings. The maximum atomic E-state index is 10.1. The Balaban J connectivity index is 2.20. The summed E-state index contributed by atoms with van der Waals surface area (Å²) in [6, 6.07) is 5.52. The largest absolute Gasteiger partial charge is 0.388 e. The fourth-order valence-corrected chi connectivity index (χ4v) is 1.85. The number of aromatic nitrogens is 2. The van der Waals surface area contributed by atoms with E-state index in [9.17, 15) is 5.11 Å². The quantitative estimate of drug-likeness (QED) is 0.861. The minimum absolute atomic E-state index is 0.466. The van der Waals surface area contributed by atoms with Crippen LogP contribution in [0.5, 0.6) is 0 Å². The zero-order valence-electron chi connectivity index (χ0n) is 8.94. The number of H-pyrrole nitrogens is 1. The van der Waals surface area contributed by atoms with Crippen molar-refractivity contribution in [1.82, 2.24) is 9.97 Å². The first kappa shape index (κ1) is 11.2. The predicted molar refractivity (Wildman–Crippen MR) is 63.4 cm³/mol. The normalized spacial score (nSPS) is 12.7. The summed E-state index contributed by atoms with van der Waals surface area (Å²) in [6.45, 7) is 1.96. The first-order valence-corrected chi connectivity index (χ1v) is 5.47. The second kappa shape index (κ2) is 4.68. The van der Waals surface area contributed by atoms with E-state index in [4.69, 9.17) is 11.6 Å². The lowest BCUT2D eigenvalue weighted by molar-refractivity contribution is 0.175. The van der Waals surface area contributed by atoms with Crippen molar-refractivity contribution in [3.8, 4) is 0 Å². The van der Waals surface area contributed by atoms with Crippen LogP contribution in [0.3, 0.4) is 0 Å². The number of halogens is 1. The summed E-state index contributed by atoms with van der Waals surface area (Å²) >= 11 is 5.91. The number of aliphatic hydroxyl groups is 1. The molecule has 4 heteroatoms.